The summed E-state index contributed by atoms with van der Waals surface area (Å²) in [7, 11) is 1.60. The van der Waals surface area contributed by atoms with Gasteiger partial charge in [-0.05, 0) is 60.3 Å². The molecular weight excluding hydrogens is 901 g/mol. The molecule has 356 valence electrons. The van der Waals surface area contributed by atoms with Crippen LogP contribution >= 0.6 is 11.3 Å². The first-order valence-corrected chi connectivity index (χ1v) is 23.2. The summed E-state index contributed by atoms with van der Waals surface area (Å²) >= 11 is 1.55. The largest absolute Gasteiger partial charge is 0.487 e. The summed E-state index contributed by atoms with van der Waals surface area (Å²) in [5, 5.41) is 21.9. The predicted octanol–water partition coefficient (Wildman–Crippen LogP) is 6.42. The molecular formula is C51H52N8O9S. The lowest BCUT2D eigenvalue weighted by atomic mass is 9.91. The third-order valence-corrected chi connectivity index (χ3v) is 12.7. The van der Waals surface area contributed by atoms with Gasteiger partial charge in [-0.15, -0.1) is 17.8 Å². The topological polar surface area (TPSA) is 205 Å². The number of rotatable bonds is 19. The summed E-state index contributed by atoms with van der Waals surface area (Å²) in [5.74, 6) is 9.21. The third kappa shape index (κ3) is 11.0. The Balaban J connectivity index is 0.843. The third-order valence-electron chi connectivity index (χ3n) is 11.7. The van der Waals surface area contributed by atoms with Crippen LogP contribution in [-0.4, -0.2) is 113 Å². The summed E-state index contributed by atoms with van der Waals surface area (Å²) in [6.45, 7) is 8.80. The lowest BCUT2D eigenvalue weighted by Crippen LogP contribution is -2.48. The van der Waals surface area contributed by atoms with Crippen molar-refractivity contribution in [3.8, 4) is 52.0 Å². The Morgan fingerprint density at radius 2 is 1.80 bits per heavy atom. The average molecular weight is 953 g/mol. The first-order valence-electron chi connectivity index (χ1n) is 22.4. The fraction of sp³-hybridized carbons (Fsp3) is 0.353. The number of aliphatic imine (C=N–C) groups is 1. The van der Waals surface area contributed by atoms with Crippen LogP contribution in [0.25, 0.3) is 21.3 Å². The Kier molecular flexibility index (Phi) is 15.2. The molecule has 18 heteroatoms. The molecule has 2 amide bonds. The highest BCUT2D eigenvalue weighted by atomic mass is 32.1. The SMILES string of the molecule is C#Cc1cccc(Nc2ncnc3cc(OCCOC)c(OCCOCC#CCOc4cc(C(C(=O)N5CC(O)CC5C5=NC(C)(c6ccc(-c7scnc7C)cc6)C(=O)N5)C(C)C)on4)cc23)c1. The number of hydrogen-bond acceptors (Lipinski definition) is 16. The molecule has 1 saturated heterocycles. The molecule has 4 atom stereocenters. The molecule has 0 radical (unpaired) electrons. The second-order valence-corrected chi connectivity index (χ2v) is 17.7. The van der Waals surface area contributed by atoms with Gasteiger partial charge in [-0.2, -0.15) is 0 Å². The fourth-order valence-corrected chi connectivity index (χ4v) is 8.96. The Bertz CT molecular complexity index is 2940. The van der Waals surface area contributed by atoms with Crippen molar-refractivity contribution in [2.75, 3.05) is 58.6 Å². The minimum atomic E-state index is -1.22. The van der Waals surface area contributed by atoms with Crippen LogP contribution in [0.2, 0.25) is 0 Å². The van der Waals surface area contributed by atoms with E-state index in [-0.39, 0.29) is 63.0 Å². The number of hydrogen-bond donors (Lipinski definition) is 3. The Labute approximate surface area is 403 Å². The zero-order valence-electron chi connectivity index (χ0n) is 38.9. The fourth-order valence-electron chi connectivity index (χ4n) is 8.15. The number of nitrogens with zero attached hydrogens (tertiary/aromatic N) is 6. The summed E-state index contributed by atoms with van der Waals surface area (Å²) in [5.41, 5.74) is 5.39. The summed E-state index contributed by atoms with van der Waals surface area (Å²) in [6.07, 6.45) is 6.47. The van der Waals surface area contributed by atoms with E-state index in [0.29, 0.717) is 58.6 Å². The van der Waals surface area contributed by atoms with Gasteiger partial charge in [-0.3, -0.25) is 9.59 Å². The molecule has 3 N–H and O–H groups in total. The van der Waals surface area contributed by atoms with Crippen molar-refractivity contribution < 1.29 is 42.9 Å². The number of aliphatic hydroxyl groups excluding tert-OH is 1. The number of anilines is 2. The highest BCUT2D eigenvalue weighted by Gasteiger charge is 2.48. The molecule has 5 heterocycles. The summed E-state index contributed by atoms with van der Waals surface area (Å²) < 4.78 is 34.4. The zero-order chi connectivity index (χ0) is 48.5. The van der Waals surface area contributed by atoms with E-state index >= 15 is 0 Å². The first-order chi connectivity index (χ1) is 33.4. The number of fused-ring (bicyclic) bond motifs is 1. The second-order valence-electron chi connectivity index (χ2n) is 16.8. The number of thiazole rings is 1. The van der Waals surface area contributed by atoms with Gasteiger partial charge in [-0.25, -0.2) is 19.9 Å². The van der Waals surface area contributed by atoms with Crippen LogP contribution in [-0.2, 0) is 24.6 Å². The number of aryl methyl sites for hydroxylation is 1. The number of amidine groups is 1. The molecule has 0 spiro atoms. The molecule has 1 fully saturated rings. The number of ether oxygens (including phenoxy) is 5. The van der Waals surface area contributed by atoms with Gasteiger partial charge in [0.05, 0.1) is 47.0 Å². The molecule has 0 saturated carbocycles. The van der Waals surface area contributed by atoms with Crippen molar-refractivity contribution in [2.45, 2.75) is 57.7 Å². The molecule has 3 aromatic heterocycles. The van der Waals surface area contributed by atoms with Gasteiger partial charge in [0.1, 0.15) is 43.7 Å². The number of terminal acetylenes is 1. The van der Waals surface area contributed by atoms with Crippen LogP contribution in [0.3, 0.4) is 0 Å². The maximum Gasteiger partial charge on any atom is 0.257 e. The van der Waals surface area contributed by atoms with Crippen molar-refractivity contribution in [3.05, 3.63) is 101 Å². The Hall–Kier alpha value is -7.35. The minimum Gasteiger partial charge on any atom is -0.487 e. The molecule has 6 aromatic rings. The van der Waals surface area contributed by atoms with Crippen molar-refractivity contribution in [2.24, 2.45) is 10.9 Å². The van der Waals surface area contributed by atoms with Crippen molar-refractivity contribution in [1.29, 1.82) is 0 Å². The van der Waals surface area contributed by atoms with Gasteiger partial charge in [0.25, 0.3) is 11.8 Å². The number of carbonyl (C=O) groups excluding carboxylic acids is 2. The smallest absolute Gasteiger partial charge is 0.257 e. The van der Waals surface area contributed by atoms with Gasteiger partial charge < -0.3 is 48.8 Å². The van der Waals surface area contributed by atoms with E-state index < -0.39 is 23.6 Å². The Morgan fingerprint density at radius 1 is 1.01 bits per heavy atom. The van der Waals surface area contributed by atoms with Crippen LogP contribution < -0.4 is 24.8 Å². The van der Waals surface area contributed by atoms with Crippen LogP contribution in [0.4, 0.5) is 11.5 Å². The number of nitrogens with one attached hydrogen (secondary N) is 2. The number of benzene rings is 3. The lowest BCUT2D eigenvalue weighted by Gasteiger charge is -2.29. The standard InChI is InChI=1S/C51H52N8O9S/c1-7-33-11-10-12-36(23-33)55-47-38-25-41(42(65-21-19-63-6)26-39(38)52-29-53-47)66-22-20-64-17-8-9-18-67-44-27-43(68-58-44)45(31(2)3)49(61)59-28-37(60)24-40(59)48-56-50(62)51(5,57-48)35-15-13-34(14-16-35)46-32(4)54-30-69-46/h1,10-16,23,25-27,29-31,37,40,45,60H,17-22,24,28H2,2-6H3,(H,52,53,55)(H,56,57,62). The summed E-state index contributed by atoms with van der Waals surface area (Å²) in [4.78, 5) is 48.6. The van der Waals surface area contributed by atoms with Crippen LogP contribution in [0.5, 0.6) is 17.4 Å². The number of likely N-dealkylation sites (tertiary alicyclic amines) is 1. The summed E-state index contributed by atoms with van der Waals surface area (Å²) in [6, 6.07) is 19.7. The number of amides is 2. The highest BCUT2D eigenvalue weighted by molar-refractivity contribution is 7.13. The lowest BCUT2D eigenvalue weighted by molar-refractivity contribution is -0.134. The van der Waals surface area contributed by atoms with E-state index in [1.165, 1.54) is 6.33 Å². The van der Waals surface area contributed by atoms with E-state index in [2.05, 4.69) is 48.5 Å². The minimum absolute atomic E-state index is 0.0108. The van der Waals surface area contributed by atoms with Gasteiger partial charge in [0, 0.05) is 48.8 Å². The number of aliphatic hydroxyl groups is 1. The van der Waals surface area contributed by atoms with Gasteiger partial charge in [-0.1, -0.05) is 61.9 Å². The number of carbonyl (C=O) groups is 2. The van der Waals surface area contributed by atoms with E-state index in [4.69, 9.17) is 39.6 Å². The zero-order valence-corrected chi connectivity index (χ0v) is 39.7. The first kappa shape index (κ1) is 48.1. The molecule has 0 bridgehead atoms. The molecule has 17 nitrogen and oxygen atoms in total. The van der Waals surface area contributed by atoms with E-state index in [1.54, 1.807) is 47.9 Å². The molecule has 69 heavy (non-hydrogen) atoms. The Morgan fingerprint density at radius 3 is 2.55 bits per heavy atom. The molecule has 2 aliphatic heterocycles. The quantitative estimate of drug-likeness (QED) is 0.0592. The molecule has 3 aromatic carbocycles. The van der Waals surface area contributed by atoms with E-state index in [0.717, 1.165) is 27.4 Å². The number of methoxy groups -OCH3 is 1. The molecule has 2 aliphatic rings. The maximum absolute atomic E-state index is 14.3. The number of β-amino-alcohol motifs (C(OH)–C–C–N with tert-alkyl or cyclic N) is 1. The van der Waals surface area contributed by atoms with Gasteiger partial charge in [0.2, 0.25) is 5.91 Å². The highest BCUT2D eigenvalue weighted by Crippen LogP contribution is 2.38. The van der Waals surface area contributed by atoms with Crippen molar-refractivity contribution in [3.63, 3.8) is 0 Å². The van der Waals surface area contributed by atoms with E-state index in [9.17, 15) is 14.7 Å². The van der Waals surface area contributed by atoms with E-state index in [1.807, 2.05) is 75.4 Å². The van der Waals surface area contributed by atoms with Crippen LogP contribution in [0.1, 0.15) is 55.7 Å². The number of aromatic nitrogens is 4. The van der Waals surface area contributed by atoms with Crippen molar-refractivity contribution in [1.82, 2.24) is 30.3 Å². The monoisotopic (exact) mass is 952 g/mol. The molecule has 0 aliphatic carbocycles. The molecule has 8 rings (SSSR count). The second kappa shape index (κ2) is 21.7. The molecule has 4 unspecified atom stereocenters. The van der Waals surface area contributed by atoms with Crippen LogP contribution in [0.15, 0.2) is 88.1 Å². The maximum atomic E-state index is 14.3. The van der Waals surface area contributed by atoms with Crippen molar-refractivity contribution >= 4 is 51.4 Å². The van der Waals surface area contributed by atoms with Gasteiger partial charge >= 0.3 is 0 Å². The predicted molar refractivity (Wildman–Crippen MR) is 260 cm³/mol. The normalized spacial score (nSPS) is 18.0. The average Bonchev–Trinajstić information content (AvgIpc) is 4.15. The van der Waals surface area contributed by atoms with Gasteiger partial charge in [0.15, 0.2) is 29.4 Å². The van der Waals surface area contributed by atoms with Crippen LogP contribution in [0, 0.1) is 37.0 Å².